The quantitative estimate of drug-likeness (QED) is 0.322. The predicted molar refractivity (Wildman–Crippen MR) is 113 cm³/mol. The molecule has 10 nitrogen and oxygen atoms in total. The zero-order valence-corrected chi connectivity index (χ0v) is 19.6. The second-order valence-corrected chi connectivity index (χ2v) is 11.7. The van der Waals surface area contributed by atoms with Crippen molar-refractivity contribution < 1.29 is 44.6 Å². The van der Waals surface area contributed by atoms with E-state index in [2.05, 4.69) is 4.98 Å². The number of esters is 1. The minimum Gasteiger partial charge on any atom is -0.451 e. The van der Waals surface area contributed by atoms with Crippen molar-refractivity contribution in [2.75, 3.05) is 0 Å². The van der Waals surface area contributed by atoms with E-state index in [4.69, 9.17) is 9.47 Å². The van der Waals surface area contributed by atoms with E-state index in [1.165, 1.54) is 26.1 Å². The van der Waals surface area contributed by atoms with Crippen molar-refractivity contribution in [2.45, 2.75) is 93.3 Å². The second-order valence-electron chi connectivity index (χ2n) is 11.7. The van der Waals surface area contributed by atoms with Crippen LogP contribution in [-0.4, -0.2) is 82.2 Å². The summed E-state index contributed by atoms with van der Waals surface area (Å²) >= 11 is 0. The van der Waals surface area contributed by atoms with Gasteiger partial charge in [-0.25, -0.2) is 4.79 Å². The number of carbonyl (C=O) groups is 2. The number of ketones is 1. The predicted octanol–water partition coefficient (Wildman–Crippen LogP) is -0.225. The van der Waals surface area contributed by atoms with Gasteiger partial charge in [0.1, 0.15) is 39.5 Å². The first-order valence-corrected chi connectivity index (χ1v) is 11.8. The Morgan fingerprint density at radius 3 is 2.47 bits per heavy atom. The van der Waals surface area contributed by atoms with Crippen LogP contribution in [0.5, 0.6) is 0 Å². The van der Waals surface area contributed by atoms with Gasteiger partial charge in [0, 0.05) is 30.9 Å². The molecule has 6 fully saturated rings. The fraction of sp³-hybridized carbons (Fsp3) is 0.750. The average molecular weight is 478 g/mol. The Labute approximate surface area is 195 Å². The smallest absolute Gasteiger partial charge is 0.355 e. The van der Waals surface area contributed by atoms with Crippen LogP contribution in [-0.2, 0) is 14.3 Å². The van der Waals surface area contributed by atoms with Crippen LogP contribution in [0.4, 0.5) is 0 Å². The highest BCUT2D eigenvalue weighted by atomic mass is 16.7. The molecule has 34 heavy (non-hydrogen) atoms. The van der Waals surface area contributed by atoms with Gasteiger partial charge in [-0.1, -0.05) is 20.8 Å². The molecule has 2 aliphatic heterocycles. The van der Waals surface area contributed by atoms with Gasteiger partial charge in [-0.15, -0.1) is 0 Å². The molecule has 4 aliphatic carbocycles. The molecule has 4 saturated carbocycles. The van der Waals surface area contributed by atoms with E-state index in [0.29, 0.717) is 0 Å². The summed E-state index contributed by atoms with van der Waals surface area (Å²) in [7, 11) is 0. The van der Waals surface area contributed by atoms with Crippen LogP contribution in [0.3, 0.4) is 0 Å². The van der Waals surface area contributed by atoms with E-state index in [9.17, 15) is 35.1 Å². The Kier molecular flexibility index (Phi) is 3.73. The van der Waals surface area contributed by atoms with Crippen LogP contribution < -0.4 is 0 Å². The first-order valence-electron chi connectivity index (χ1n) is 11.8. The van der Waals surface area contributed by atoms with Crippen molar-refractivity contribution in [1.29, 1.82) is 0 Å². The standard InChI is InChI=1S/C24H31NO9/c1-12(2)22(30)16(33-15(27)14-6-5-9-25-14)23(31)17(3)11-21(29)18(22,4)24(23,32)20(34-21)10-13(26)7-8-19(17,20)28/h5-6,9,12,16,25,28-32H,7-8,10-11H2,1-4H3/t16-,17+,18-,19+,20-,21+,22-,23-,24+/m1/s1. The van der Waals surface area contributed by atoms with E-state index < -0.39 is 69.0 Å². The number of ether oxygens (including phenoxy) is 2. The summed E-state index contributed by atoms with van der Waals surface area (Å²) in [6.07, 6.45) is -1.15. The SMILES string of the molecule is CC(C)[C@@]1(O)[C@@H](OC(=O)c2ccc[nH]2)[C@@]2(O)[C@@]3(C)C[C@]4(O)O[C@@]5(CC(=O)CC[C@]35O)[C@@]2(O)[C@@]14C. The maximum atomic E-state index is 13.1. The second kappa shape index (κ2) is 5.61. The molecular weight excluding hydrogens is 446 g/mol. The van der Waals surface area contributed by atoms with Gasteiger partial charge < -0.3 is 40.0 Å². The fourth-order valence-corrected chi connectivity index (χ4v) is 9.18. The summed E-state index contributed by atoms with van der Waals surface area (Å²) in [6, 6.07) is 3.05. The molecule has 0 aromatic carbocycles. The molecule has 0 amide bonds. The summed E-state index contributed by atoms with van der Waals surface area (Å²) in [5, 5.41) is 61.7. The highest BCUT2D eigenvalue weighted by molar-refractivity contribution is 5.88. The lowest BCUT2D eigenvalue weighted by atomic mass is 9.52. The topological polar surface area (TPSA) is 170 Å². The lowest BCUT2D eigenvalue weighted by Gasteiger charge is -2.59. The zero-order valence-electron chi connectivity index (χ0n) is 19.6. The van der Waals surface area contributed by atoms with E-state index >= 15 is 0 Å². The van der Waals surface area contributed by atoms with Gasteiger partial charge in [-0.05, 0) is 31.4 Å². The summed E-state index contributed by atoms with van der Waals surface area (Å²) in [5.41, 5.74) is -14.9. The summed E-state index contributed by atoms with van der Waals surface area (Å²) in [6.45, 7) is 6.14. The largest absolute Gasteiger partial charge is 0.451 e. The van der Waals surface area contributed by atoms with Gasteiger partial charge in [-0.2, -0.15) is 0 Å². The zero-order chi connectivity index (χ0) is 25.0. The molecule has 6 N–H and O–H groups in total. The molecule has 1 aromatic rings. The number of aliphatic hydroxyl groups is 5. The molecule has 10 heteroatoms. The molecule has 0 radical (unpaired) electrons. The maximum absolute atomic E-state index is 13.1. The van der Waals surface area contributed by atoms with Gasteiger partial charge in [-0.3, -0.25) is 4.79 Å². The fourth-order valence-electron chi connectivity index (χ4n) is 9.18. The number of hydrogen-bond donors (Lipinski definition) is 6. The molecule has 1 aromatic heterocycles. The Morgan fingerprint density at radius 2 is 1.88 bits per heavy atom. The van der Waals surface area contributed by atoms with Crippen LogP contribution in [0.2, 0.25) is 0 Å². The molecule has 186 valence electrons. The van der Waals surface area contributed by atoms with E-state index in [-0.39, 0.29) is 30.7 Å². The Bertz CT molecular complexity index is 1140. The lowest BCUT2D eigenvalue weighted by molar-refractivity contribution is -0.374. The van der Waals surface area contributed by atoms with Crippen LogP contribution in [0.1, 0.15) is 63.9 Å². The van der Waals surface area contributed by atoms with Crippen molar-refractivity contribution in [1.82, 2.24) is 4.98 Å². The molecule has 6 bridgehead atoms. The molecule has 7 rings (SSSR count). The first-order chi connectivity index (χ1) is 15.6. The van der Waals surface area contributed by atoms with Gasteiger partial charge in [0.05, 0.1) is 5.41 Å². The first kappa shape index (κ1) is 22.6. The minimum atomic E-state index is -2.53. The van der Waals surface area contributed by atoms with Crippen molar-refractivity contribution in [3.05, 3.63) is 24.0 Å². The highest BCUT2D eigenvalue weighted by Crippen LogP contribution is 2.90. The summed E-state index contributed by atoms with van der Waals surface area (Å²) < 4.78 is 11.9. The third-order valence-corrected chi connectivity index (χ3v) is 10.7. The number of rotatable bonds is 3. The minimum absolute atomic E-state index is 0.000118. The number of hydrogen-bond acceptors (Lipinski definition) is 9. The Morgan fingerprint density at radius 1 is 1.21 bits per heavy atom. The molecule has 0 unspecified atom stereocenters. The van der Waals surface area contributed by atoms with Crippen molar-refractivity contribution in [3.63, 3.8) is 0 Å². The van der Waals surface area contributed by atoms with Crippen molar-refractivity contribution in [3.8, 4) is 0 Å². The Balaban J connectivity index is 1.68. The van der Waals surface area contributed by atoms with Crippen molar-refractivity contribution >= 4 is 11.8 Å². The number of H-pyrrole nitrogens is 1. The number of nitrogens with one attached hydrogen (secondary N) is 1. The molecule has 3 heterocycles. The number of carbonyl (C=O) groups excluding carboxylic acids is 2. The van der Waals surface area contributed by atoms with Crippen LogP contribution in [0, 0.1) is 16.7 Å². The number of aromatic nitrogens is 1. The van der Waals surface area contributed by atoms with Gasteiger partial charge in [0.15, 0.2) is 11.9 Å². The normalized spacial score (nSPS) is 56.9. The van der Waals surface area contributed by atoms with Gasteiger partial charge >= 0.3 is 5.97 Å². The van der Waals surface area contributed by atoms with Crippen LogP contribution in [0.15, 0.2) is 18.3 Å². The number of aromatic amines is 1. The van der Waals surface area contributed by atoms with Crippen LogP contribution in [0.25, 0.3) is 0 Å². The van der Waals surface area contributed by atoms with Crippen LogP contribution >= 0.6 is 0 Å². The molecular formula is C24H31NO9. The molecule has 6 aliphatic rings. The molecule has 2 saturated heterocycles. The third kappa shape index (κ3) is 1.61. The van der Waals surface area contributed by atoms with E-state index in [1.807, 2.05) is 0 Å². The maximum Gasteiger partial charge on any atom is 0.355 e. The third-order valence-electron chi connectivity index (χ3n) is 10.7. The molecule has 1 spiro atoms. The van der Waals surface area contributed by atoms with Crippen molar-refractivity contribution in [2.24, 2.45) is 16.7 Å². The monoisotopic (exact) mass is 477 g/mol. The van der Waals surface area contributed by atoms with Gasteiger partial charge in [0.2, 0.25) is 0 Å². The van der Waals surface area contributed by atoms with Gasteiger partial charge in [0.25, 0.3) is 0 Å². The lowest BCUT2D eigenvalue weighted by Crippen LogP contribution is -2.73. The highest BCUT2D eigenvalue weighted by Gasteiger charge is 3.09. The number of Topliss-reactive ketones (excluding diaryl/α,β-unsaturated/α-hetero) is 1. The summed E-state index contributed by atoms with van der Waals surface area (Å²) in [5.74, 6) is -4.16. The molecule has 9 atom stereocenters. The van der Waals surface area contributed by atoms with E-state index in [0.717, 1.165) is 0 Å². The van der Waals surface area contributed by atoms with E-state index in [1.54, 1.807) is 19.9 Å². The summed E-state index contributed by atoms with van der Waals surface area (Å²) in [4.78, 5) is 28.5. The average Bonchev–Trinajstić information content (AvgIpc) is 3.37. The Hall–Kier alpha value is -1.82.